The van der Waals surface area contributed by atoms with Crippen LogP contribution in [0.4, 0.5) is 0 Å². The fourth-order valence-corrected chi connectivity index (χ4v) is 2.67. The van der Waals surface area contributed by atoms with Crippen molar-refractivity contribution >= 4 is 5.91 Å². The van der Waals surface area contributed by atoms with Crippen LogP contribution in [0.25, 0.3) is 0 Å². The number of aromatic amines is 1. The third kappa shape index (κ3) is 3.14. The zero-order valence-electron chi connectivity index (χ0n) is 12.5. The van der Waals surface area contributed by atoms with Crippen LogP contribution in [0.3, 0.4) is 0 Å². The second-order valence-corrected chi connectivity index (χ2v) is 5.32. The van der Waals surface area contributed by atoms with Gasteiger partial charge in [0, 0.05) is 18.9 Å². The number of H-pyrrole nitrogens is 1. The van der Waals surface area contributed by atoms with Crippen LogP contribution in [0.5, 0.6) is 0 Å². The van der Waals surface area contributed by atoms with E-state index in [-0.39, 0.29) is 11.9 Å². The van der Waals surface area contributed by atoms with Gasteiger partial charge in [-0.1, -0.05) is 0 Å². The van der Waals surface area contributed by atoms with E-state index in [2.05, 4.69) is 19.9 Å². The molecule has 1 aliphatic rings. The summed E-state index contributed by atoms with van der Waals surface area (Å²) in [5.74, 6) is -0.0262. The lowest BCUT2D eigenvalue weighted by molar-refractivity contribution is -0.00441. The van der Waals surface area contributed by atoms with Gasteiger partial charge >= 0.3 is 0 Å². The monoisotopic (exact) mass is 301 g/mol. The first-order valence-corrected chi connectivity index (χ1v) is 7.39. The van der Waals surface area contributed by atoms with Crippen molar-refractivity contribution in [2.45, 2.75) is 25.8 Å². The highest BCUT2D eigenvalue weighted by atomic mass is 16.5. The highest BCUT2D eigenvalue weighted by Crippen LogP contribution is 2.16. The van der Waals surface area contributed by atoms with Gasteiger partial charge in [0.15, 0.2) is 0 Å². The van der Waals surface area contributed by atoms with Gasteiger partial charge in [-0.15, -0.1) is 0 Å². The molecule has 7 heteroatoms. The number of nitrogens with zero attached hydrogens (tertiary/aromatic N) is 4. The first-order valence-electron chi connectivity index (χ1n) is 7.39. The van der Waals surface area contributed by atoms with Gasteiger partial charge in [-0.3, -0.25) is 14.8 Å². The molecule has 0 spiro atoms. The Morgan fingerprint density at radius 2 is 2.32 bits per heavy atom. The van der Waals surface area contributed by atoms with Crippen molar-refractivity contribution in [1.29, 1.82) is 0 Å². The van der Waals surface area contributed by atoms with Gasteiger partial charge in [0.05, 0.1) is 43.2 Å². The summed E-state index contributed by atoms with van der Waals surface area (Å²) in [4.78, 5) is 29.8. The van der Waals surface area contributed by atoms with Crippen molar-refractivity contribution in [2.24, 2.45) is 0 Å². The average molecular weight is 301 g/mol. The van der Waals surface area contributed by atoms with E-state index in [0.717, 1.165) is 24.2 Å². The highest BCUT2D eigenvalue weighted by Gasteiger charge is 2.28. The third-order valence-corrected chi connectivity index (χ3v) is 3.91. The Hall–Kier alpha value is -2.28. The van der Waals surface area contributed by atoms with E-state index in [4.69, 9.17) is 4.74 Å². The van der Waals surface area contributed by atoms with Crippen LogP contribution in [0.15, 0.2) is 24.9 Å². The number of imidazole rings is 1. The fraction of sp³-hybridized carbons (Fsp3) is 0.467. The molecule has 1 amide bonds. The molecule has 1 fully saturated rings. The maximum absolute atomic E-state index is 12.5. The minimum atomic E-state index is -0.0262. The Morgan fingerprint density at radius 3 is 3.09 bits per heavy atom. The van der Waals surface area contributed by atoms with Crippen LogP contribution in [-0.4, -0.2) is 56.5 Å². The highest BCUT2D eigenvalue weighted by molar-refractivity contribution is 5.92. The number of hydrogen-bond donors (Lipinski definition) is 1. The summed E-state index contributed by atoms with van der Waals surface area (Å²) in [5, 5.41) is 0. The number of carbonyl (C=O) groups is 1. The van der Waals surface area contributed by atoms with E-state index in [0.29, 0.717) is 25.5 Å². The van der Waals surface area contributed by atoms with E-state index in [1.54, 1.807) is 18.6 Å². The van der Waals surface area contributed by atoms with Crippen molar-refractivity contribution in [3.8, 4) is 0 Å². The number of morpholine rings is 1. The zero-order valence-corrected chi connectivity index (χ0v) is 12.5. The predicted octanol–water partition coefficient (Wildman–Crippen LogP) is 0.982. The summed E-state index contributed by atoms with van der Waals surface area (Å²) in [6.07, 6.45) is 8.05. The SMILES string of the molecule is Cc1nccnc1CC[C@H]1COCCN1C(=O)c1cnc[nH]1. The van der Waals surface area contributed by atoms with Crippen LogP contribution in [0, 0.1) is 6.92 Å². The predicted molar refractivity (Wildman–Crippen MR) is 79.3 cm³/mol. The first kappa shape index (κ1) is 14.6. The number of rotatable bonds is 4. The second-order valence-electron chi connectivity index (χ2n) is 5.32. The zero-order chi connectivity index (χ0) is 15.4. The number of amides is 1. The molecule has 1 saturated heterocycles. The van der Waals surface area contributed by atoms with Gasteiger partial charge in [0.1, 0.15) is 5.69 Å². The minimum Gasteiger partial charge on any atom is -0.377 e. The molecular weight excluding hydrogens is 282 g/mol. The molecule has 1 N–H and O–H groups in total. The summed E-state index contributed by atoms with van der Waals surface area (Å²) >= 11 is 0. The topological polar surface area (TPSA) is 84.0 Å². The van der Waals surface area contributed by atoms with Gasteiger partial charge in [0.2, 0.25) is 0 Å². The summed E-state index contributed by atoms with van der Waals surface area (Å²) < 4.78 is 5.54. The van der Waals surface area contributed by atoms with Gasteiger partial charge in [0.25, 0.3) is 5.91 Å². The van der Waals surface area contributed by atoms with Crippen LogP contribution in [-0.2, 0) is 11.2 Å². The molecule has 0 aromatic carbocycles. The lowest BCUT2D eigenvalue weighted by Crippen LogP contribution is -2.49. The normalized spacial score (nSPS) is 18.4. The van der Waals surface area contributed by atoms with E-state index in [1.165, 1.54) is 6.33 Å². The summed E-state index contributed by atoms with van der Waals surface area (Å²) in [6.45, 7) is 3.68. The molecule has 2 aromatic rings. The van der Waals surface area contributed by atoms with Gasteiger partial charge < -0.3 is 14.6 Å². The van der Waals surface area contributed by atoms with Crippen LogP contribution in [0.1, 0.15) is 28.3 Å². The minimum absolute atomic E-state index is 0.0262. The first-order chi connectivity index (χ1) is 10.8. The molecule has 3 rings (SSSR count). The Balaban J connectivity index is 1.68. The van der Waals surface area contributed by atoms with Crippen LogP contribution >= 0.6 is 0 Å². The van der Waals surface area contributed by atoms with E-state index >= 15 is 0 Å². The number of aromatic nitrogens is 4. The smallest absolute Gasteiger partial charge is 0.272 e. The molecule has 116 valence electrons. The largest absolute Gasteiger partial charge is 0.377 e. The van der Waals surface area contributed by atoms with Crippen molar-refractivity contribution in [2.75, 3.05) is 19.8 Å². The number of hydrogen-bond acceptors (Lipinski definition) is 5. The molecule has 0 saturated carbocycles. The maximum atomic E-state index is 12.5. The molecule has 0 aliphatic carbocycles. The molecule has 3 heterocycles. The third-order valence-electron chi connectivity index (χ3n) is 3.91. The molecule has 22 heavy (non-hydrogen) atoms. The summed E-state index contributed by atoms with van der Waals surface area (Å²) in [5.41, 5.74) is 2.43. The van der Waals surface area contributed by atoms with E-state index < -0.39 is 0 Å². The molecule has 7 nitrogen and oxygen atoms in total. The van der Waals surface area contributed by atoms with Gasteiger partial charge in [-0.2, -0.15) is 0 Å². The van der Waals surface area contributed by atoms with Crippen molar-refractivity contribution in [3.63, 3.8) is 0 Å². The standard InChI is InChI=1S/C15H19N5O2/c1-11-13(18-5-4-17-11)3-2-12-9-22-7-6-20(12)15(21)14-8-16-10-19-14/h4-5,8,10,12H,2-3,6-7,9H2,1H3,(H,16,19)/t12-/m0/s1. The van der Waals surface area contributed by atoms with Crippen molar-refractivity contribution < 1.29 is 9.53 Å². The quantitative estimate of drug-likeness (QED) is 0.910. The molecular formula is C15H19N5O2. The Labute approximate surface area is 128 Å². The van der Waals surface area contributed by atoms with Crippen molar-refractivity contribution in [1.82, 2.24) is 24.8 Å². The van der Waals surface area contributed by atoms with Gasteiger partial charge in [-0.05, 0) is 19.8 Å². The average Bonchev–Trinajstić information content (AvgIpc) is 3.08. The lowest BCUT2D eigenvalue weighted by Gasteiger charge is -2.35. The Kier molecular flexibility index (Phi) is 4.43. The Bertz CT molecular complexity index is 629. The number of nitrogens with one attached hydrogen (secondary N) is 1. The van der Waals surface area contributed by atoms with E-state index in [9.17, 15) is 4.79 Å². The van der Waals surface area contributed by atoms with Crippen LogP contribution in [0.2, 0.25) is 0 Å². The number of aryl methyl sites for hydroxylation is 2. The maximum Gasteiger partial charge on any atom is 0.272 e. The molecule has 0 radical (unpaired) electrons. The molecule has 1 atom stereocenters. The number of ether oxygens (including phenoxy) is 1. The summed E-state index contributed by atoms with van der Waals surface area (Å²) in [6, 6.07) is 0.0472. The van der Waals surface area contributed by atoms with Crippen molar-refractivity contribution in [3.05, 3.63) is 42.0 Å². The molecule has 0 bridgehead atoms. The van der Waals surface area contributed by atoms with Crippen LogP contribution < -0.4 is 0 Å². The van der Waals surface area contributed by atoms with E-state index in [1.807, 2.05) is 11.8 Å². The second kappa shape index (κ2) is 6.65. The van der Waals surface area contributed by atoms with Gasteiger partial charge in [-0.25, -0.2) is 4.98 Å². The molecule has 1 aliphatic heterocycles. The molecule has 0 unspecified atom stereocenters. The summed E-state index contributed by atoms with van der Waals surface area (Å²) in [7, 11) is 0. The Morgan fingerprint density at radius 1 is 1.45 bits per heavy atom. The number of carbonyl (C=O) groups excluding carboxylic acids is 1. The lowest BCUT2D eigenvalue weighted by atomic mass is 10.1. The molecule has 2 aromatic heterocycles. The fourth-order valence-electron chi connectivity index (χ4n) is 2.67.